The third-order valence-corrected chi connectivity index (χ3v) is 0.921. The van der Waals surface area contributed by atoms with Crippen LogP contribution in [0.5, 0.6) is 0 Å². The van der Waals surface area contributed by atoms with Gasteiger partial charge in [-0.05, 0) is 6.92 Å². The van der Waals surface area contributed by atoms with Crippen molar-refractivity contribution in [3.05, 3.63) is 24.6 Å². The van der Waals surface area contributed by atoms with E-state index in [1.54, 1.807) is 0 Å². The van der Waals surface area contributed by atoms with Crippen LogP contribution in [0.1, 0.15) is 11.5 Å². The molecule has 1 heterocycles. The van der Waals surface area contributed by atoms with Gasteiger partial charge in [-0.2, -0.15) is 0 Å². The Balaban J connectivity index is 2.61. The lowest BCUT2D eigenvalue weighted by atomic mass is 10.4. The lowest BCUT2D eigenvalue weighted by Crippen LogP contribution is -1.79. The molecule has 0 atom stereocenters. The maximum Gasteiger partial charge on any atom is 0.162 e. The van der Waals surface area contributed by atoms with Gasteiger partial charge in [0.25, 0.3) is 0 Å². The average Bonchev–Trinajstić information content (AvgIpc) is 2.17. The second-order valence-electron chi connectivity index (χ2n) is 1.78. The molecule has 0 bridgehead atoms. The molecule has 0 aromatic carbocycles. The summed E-state index contributed by atoms with van der Waals surface area (Å²) in [4.78, 5) is 0. The van der Waals surface area contributed by atoms with Crippen molar-refractivity contribution in [1.82, 2.24) is 5.16 Å². The summed E-state index contributed by atoms with van der Waals surface area (Å²) in [5.74, 6) is 0.711. The van der Waals surface area contributed by atoms with E-state index in [0.717, 1.165) is 5.69 Å². The molecule has 0 fully saturated rings. The number of hydrogen-bond donors (Lipinski definition) is 0. The van der Waals surface area contributed by atoms with Crippen molar-refractivity contribution in [3.63, 3.8) is 0 Å². The average molecular weight is 126 g/mol. The summed E-state index contributed by atoms with van der Waals surface area (Å²) in [5, 5.41) is 3.65. The third-order valence-electron chi connectivity index (χ3n) is 0.921. The molecule has 3 nitrogen and oxygen atoms in total. The van der Waals surface area contributed by atoms with E-state index in [0.29, 0.717) is 12.4 Å². The first-order valence-electron chi connectivity index (χ1n) is 2.62. The highest BCUT2D eigenvalue weighted by Gasteiger charge is 1.96. The molecule has 0 amide bonds. The minimum absolute atomic E-state index is 0.390. The molecule has 1 rings (SSSR count). The van der Waals surface area contributed by atoms with Gasteiger partial charge in [-0.1, -0.05) is 5.16 Å². The molecule has 1 radical (unpaired) electrons. The SMILES string of the molecule is [CH2]OCc1cc(C)no1. The first kappa shape index (κ1) is 6.29. The monoisotopic (exact) mass is 126 g/mol. The van der Waals surface area contributed by atoms with Gasteiger partial charge >= 0.3 is 0 Å². The summed E-state index contributed by atoms with van der Waals surface area (Å²) in [6.45, 7) is 2.25. The van der Waals surface area contributed by atoms with Crippen molar-refractivity contribution in [2.75, 3.05) is 0 Å². The van der Waals surface area contributed by atoms with Gasteiger partial charge in [0, 0.05) is 6.07 Å². The van der Waals surface area contributed by atoms with Gasteiger partial charge in [-0.3, -0.25) is 0 Å². The van der Waals surface area contributed by atoms with Gasteiger partial charge in [0.15, 0.2) is 5.76 Å². The van der Waals surface area contributed by atoms with E-state index in [4.69, 9.17) is 4.52 Å². The molecule has 0 aliphatic rings. The minimum atomic E-state index is 0.390. The van der Waals surface area contributed by atoms with Crippen LogP contribution >= 0.6 is 0 Å². The predicted molar refractivity (Wildman–Crippen MR) is 31.4 cm³/mol. The zero-order chi connectivity index (χ0) is 6.69. The summed E-state index contributed by atoms with van der Waals surface area (Å²) in [6.07, 6.45) is 0. The summed E-state index contributed by atoms with van der Waals surface area (Å²) >= 11 is 0. The Morgan fingerprint density at radius 1 is 1.89 bits per heavy atom. The lowest BCUT2D eigenvalue weighted by Gasteiger charge is -1.86. The van der Waals surface area contributed by atoms with Crippen molar-refractivity contribution in [2.45, 2.75) is 13.5 Å². The summed E-state index contributed by atoms with van der Waals surface area (Å²) in [5.41, 5.74) is 0.863. The fourth-order valence-electron chi connectivity index (χ4n) is 0.585. The summed E-state index contributed by atoms with van der Waals surface area (Å²) < 4.78 is 9.35. The first-order valence-corrected chi connectivity index (χ1v) is 2.62. The van der Waals surface area contributed by atoms with E-state index >= 15 is 0 Å². The highest BCUT2D eigenvalue weighted by Crippen LogP contribution is 2.02. The smallest absolute Gasteiger partial charge is 0.162 e. The molecule has 3 heteroatoms. The fraction of sp³-hybridized carbons (Fsp3) is 0.333. The van der Waals surface area contributed by atoms with Crippen LogP contribution in [0.4, 0.5) is 0 Å². The van der Waals surface area contributed by atoms with Crippen molar-refractivity contribution in [2.24, 2.45) is 0 Å². The Hall–Kier alpha value is -0.830. The number of hydrogen-bond acceptors (Lipinski definition) is 3. The molecule has 0 spiro atoms. The van der Waals surface area contributed by atoms with E-state index < -0.39 is 0 Å². The standard InChI is InChI=1S/C6H8NO2/c1-5-3-6(4-8-2)9-7-5/h3H,2,4H2,1H3. The third kappa shape index (κ3) is 1.54. The topological polar surface area (TPSA) is 35.3 Å². The van der Waals surface area contributed by atoms with Crippen molar-refractivity contribution in [3.8, 4) is 0 Å². The number of aryl methyl sites for hydroxylation is 1. The van der Waals surface area contributed by atoms with Gasteiger partial charge in [-0.25, -0.2) is 0 Å². The molecular weight excluding hydrogens is 118 g/mol. The molecule has 0 aliphatic carbocycles. The summed E-state index contributed by atoms with van der Waals surface area (Å²) in [7, 11) is 3.20. The molecule has 9 heavy (non-hydrogen) atoms. The molecule has 1 aromatic rings. The van der Waals surface area contributed by atoms with Gasteiger partial charge in [0.1, 0.15) is 6.61 Å². The van der Waals surface area contributed by atoms with Crippen LogP contribution in [0, 0.1) is 14.0 Å². The van der Waals surface area contributed by atoms with Crippen LogP contribution in [0.25, 0.3) is 0 Å². The largest absolute Gasteiger partial charge is 0.371 e. The predicted octanol–water partition coefficient (Wildman–Crippen LogP) is 1.29. The number of aromatic nitrogens is 1. The Labute approximate surface area is 53.6 Å². The van der Waals surface area contributed by atoms with Crippen LogP contribution in [-0.4, -0.2) is 5.16 Å². The van der Waals surface area contributed by atoms with E-state index in [9.17, 15) is 0 Å². The van der Waals surface area contributed by atoms with Crippen LogP contribution in [0.2, 0.25) is 0 Å². The second kappa shape index (κ2) is 2.64. The van der Waals surface area contributed by atoms with E-state index in [1.165, 1.54) is 0 Å². The van der Waals surface area contributed by atoms with E-state index in [-0.39, 0.29) is 0 Å². The van der Waals surface area contributed by atoms with Crippen LogP contribution in [0.15, 0.2) is 10.6 Å². The van der Waals surface area contributed by atoms with Gasteiger partial charge < -0.3 is 9.26 Å². The summed E-state index contributed by atoms with van der Waals surface area (Å²) in [6, 6.07) is 1.81. The van der Waals surface area contributed by atoms with Gasteiger partial charge in [-0.15, -0.1) is 0 Å². The van der Waals surface area contributed by atoms with Crippen LogP contribution in [0.3, 0.4) is 0 Å². The highest BCUT2D eigenvalue weighted by molar-refractivity contribution is 5.01. The lowest BCUT2D eigenvalue weighted by molar-refractivity contribution is 0.191. The minimum Gasteiger partial charge on any atom is -0.371 e. The maximum atomic E-state index is 4.79. The van der Waals surface area contributed by atoms with Crippen molar-refractivity contribution in [1.29, 1.82) is 0 Å². The Bertz CT molecular complexity index is 183. The zero-order valence-electron chi connectivity index (χ0n) is 5.26. The van der Waals surface area contributed by atoms with Crippen molar-refractivity contribution >= 4 is 0 Å². The molecule has 0 N–H and O–H groups in total. The fourth-order valence-corrected chi connectivity index (χ4v) is 0.585. The first-order chi connectivity index (χ1) is 4.33. The molecule has 49 valence electrons. The zero-order valence-corrected chi connectivity index (χ0v) is 5.26. The Kier molecular flexibility index (Phi) is 1.85. The quantitative estimate of drug-likeness (QED) is 0.599. The molecule has 0 saturated carbocycles. The molecule has 1 aromatic heterocycles. The number of nitrogens with zero attached hydrogens (tertiary/aromatic N) is 1. The second-order valence-corrected chi connectivity index (χ2v) is 1.78. The van der Waals surface area contributed by atoms with Crippen molar-refractivity contribution < 1.29 is 9.26 Å². The van der Waals surface area contributed by atoms with E-state index in [1.807, 2.05) is 13.0 Å². The normalized spacial score (nSPS) is 10.0. The molecule has 0 saturated heterocycles. The number of rotatable bonds is 2. The molecule has 0 aliphatic heterocycles. The van der Waals surface area contributed by atoms with E-state index in [2.05, 4.69) is 17.0 Å². The Morgan fingerprint density at radius 2 is 2.67 bits per heavy atom. The Morgan fingerprint density at radius 3 is 3.11 bits per heavy atom. The van der Waals surface area contributed by atoms with Crippen LogP contribution < -0.4 is 0 Å². The van der Waals surface area contributed by atoms with Gasteiger partial charge in [0.2, 0.25) is 0 Å². The molecular formula is C6H8NO2. The molecule has 0 unspecified atom stereocenters. The number of ether oxygens (including phenoxy) is 1. The van der Waals surface area contributed by atoms with Crippen LogP contribution in [-0.2, 0) is 11.3 Å². The maximum absolute atomic E-state index is 4.79. The van der Waals surface area contributed by atoms with Gasteiger partial charge in [0.05, 0.1) is 12.8 Å². The highest BCUT2D eigenvalue weighted by atomic mass is 16.5.